The summed E-state index contributed by atoms with van der Waals surface area (Å²) in [6.07, 6.45) is 5.07. The van der Waals surface area contributed by atoms with Gasteiger partial charge in [0.15, 0.2) is 11.8 Å². The van der Waals surface area contributed by atoms with E-state index in [2.05, 4.69) is 25.5 Å². The summed E-state index contributed by atoms with van der Waals surface area (Å²) in [4.78, 5) is 25.2. The fourth-order valence-electron chi connectivity index (χ4n) is 2.96. The van der Waals surface area contributed by atoms with Gasteiger partial charge in [0, 0.05) is 45.8 Å². The Bertz CT molecular complexity index is 796. The lowest BCUT2D eigenvalue weighted by Gasteiger charge is -2.35. The van der Waals surface area contributed by atoms with Crippen LogP contribution >= 0.6 is 0 Å². The first-order valence-corrected chi connectivity index (χ1v) is 9.18. The van der Waals surface area contributed by atoms with E-state index in [-0.39, 0.29) is 5.91 Å². The van der Waals surface area contributed by atoms with Crippen LogP contribution in [0.3, 0.4) is 0 Å². The van der Waals surface area contributed by atoms with Gasteiger partial charge < -0.3 is 19.6 Å². The summed E-state index contributed by atoms with van der Waals surface area (Å²) in [5.74, 6) is 2.08. The van der Waals surface area contributed by atoms with Crippen molar-refractivity contribution in [1.29, 1.82) is 0 Å². The molecule has 1 N–H and O–H groups in total. The molecule has 0 unspecified atom stereocenters. The normalized spacial score (nSPS) is 15.5. The molecule has 1 fully saturated rings. The maximum Gasteiger partial charge on any atom is 0.246 e. The van der Waals surface area contributed by atoms with Crippen LogP contribution in [0.4, 0.5) is 5.69 Å². The predicted octanol–water partition coefficient (Wildman–Crippen LogP) is 0.358. The number of anilines is 1. The topological polar surface area (TPSA) is 105 Å². The van der Waals surface area contributed by atoms with Crippen molar-refractivity contribution in [3.05, 3.63) is 24.1 Å². The first-order chi connectivity index (χ1) is 13.1. The van der Waals surface area contributed by atoms with E-state index >= 15 is 0 Å². The SMILES string of the molecule is CCNC(=NCCCc1nc(C)no1)N1CCN(c2cnn(C)c2)C(=O)C1. The monoisotopic (exact) mass is 374 g/mol. The molecule has 1 aliphatic rings. The molecule has 2 aromatic heterocycles. The molecule has 0 atom stereocenters. The number of nitrogens with one attached hydrogen (secondary N) is 1. The minimum Gasteiger partial charge on any atom is -0.357 e. The van der Waals surface area contributed by atoms with Crippen LogP contribution in [0.5, 0.6) is 0 Å². The fourth-order valence-corrected chi connectivity index (χ4v) is 2.96. The molecule has 10 nitrogen and oxygen atoms in total. The van der Waals surface area contributed by atoms with Crippen LogP contribution in [0.25, 0.3) is 0 Å². The Labute approximate surface area is 158 Å². The van der Waals surface area contributed by atoms with Crippen molar-refractivity contribution in [2.75, 3.05) is 37.6 Å². The van der Waals surface area contributed by atoms with E-state index in [9.17, 15) is 4.79 Å². The molecule has 3 rings (SSSR count). The number of amides is 1. The zero-order valence-corrected chi connectivity index (χ0v) is 16.1. The summed E-state index contributed by atoms with van der Waals surface area (Å²) in [7, 11) is 1.84. The van der Waals surface area contributed by atoms with Crippen molar-refractivity contribution in [1.82, 2.24) is 30.1 Å². The third kappa shape index (κ3) is 4.83. The van der Waals surface area contributed by atoms with Gasteiger partial charge in [-0.05, 0) is 20.3 Å². The highest BCUT2D eigenvalue weighted by Gasteiger charge is 2.27. The molecule has 0 spiro atoms. The Morgan fingerprint density at radius 1 is 1.41 bits per heavy atom. The van der Waals surface area contributed by atoms with Crippen LogP contribution < -0.4 is 10.2 Å². The largest absolute Gasteiger partial charge is 0.357 e. The summed E-state index contributed by atoms with van der Waals surface area (Å²) >= 11 is 0. The van der Waals surface area contributed by atoms with Crippen LogP contribution in [-0.2, 0) is 18.3 Å². The van der Waals surface area contributed by atoms with Gasteiger partial charge in [0.2, 0.25) is 11.8 Å². The van der Waals surface area contributed by atoms with Crippen LogP contribution in [-0.4, -0.2) is 69.4 Å². The van der Waals surface area contributed by atoms with Crippen LogP contribution in [0.1, 0.15) is 25.1 Å². The van der Waals surface area contributed by atoms with Gasteiger partial charge in [0.1, 0.15) is 6.54 Å². The van der Waals surface area contributed by atoms with Crippen LogP contribution in [0.15, 0.2) is 21.9 Å². The molecule has 3 heterocycles. The first-order valence-electron chi connectivity index (χ1n) is 9.18. The summed E-state index contributed by atoms with van der Waals surface area (Å²) in [5, 5.41) is 11.2. The quantitative estimate of drug-likeness (QED) is 0.442. The molecule has 0 bridgehead atoms. The van der Waals surface area contributed by atoms with Crippen molar-refractivity contribution in [3.63, 3.8) is 0 Å². The van der Waals surface area contributed by atoms with E-state index in [1.807, 2.05) is 25.1 Å². The minimum absolute atomic E-state index is 0.0428. The Balaban J connectivity index is 1.55. The standard InChI is InChI=1S/C17H26N8O2/c1-4-18-17(19-7-5-6-15-21-13(2)22-27-15)24-8-9-25(16(26)12-24)14-10-20-23(3)11-14/h10-11H,4-9,12H2,1-3H3,(H,18,19). The summed E-state index contributed by atoms with van der Waals surface area (Å²) in [5.41, 5.74) is 0.832. The number of hydrogen-bond donors (Lipinski definition) is 1. The molecule has 0 saturated carbocycles. The molecule has 2 aromatic rings. The van der Waals surface area contributed by atoms with Gasteiger partial charge in [-0.2, -0.15) is 10.1 Å². The van der Waals surface area contributed by atoms with Gasteiger partial charge in [0.05, 0.1) is 11.9 Å². The molecular formula is C17H26N8O2. The third-order valence-corrected chi connectivity index (χ3v) is 4.24. The summed E-state index contributed by atoms with van der Waals surface area (Å²) in [6, 6.07) is 0. The van der Waals surface area contributed by atoms with Gasteiger partial charge in [-0.25, -0.2) is 0 Å². The number of piperazine rings is 1. The van der Waals surface area contributed by atoms with E-state index in [0.29, 0.717) is 37.8 Å². The summed E-state index contributed by atoms with van der Waals surface area (Å²) < 4.78 is 6.81. The molecule has 0 aliphatic carbocycles. The fraction of sp³-hybridized carbons (Fsp3) is 0.588. The lowest BCUT2D eigenvalue weighted by molar-refractivity contribution is -0.120. The Morgan fingerprint density at radius 2 is 2.26 bits per heavy atom. The lowest BCUT2D eigenvalue weighted by Crippen LogP contribution is -2.55. The maximum absolute atomic E-state index is 12.6. The number of aryl methyl sites for hydroxylation is 3. The second-order valence-electron chi connectivity index (χ2n) is 6.41. The average molecular weight is 374 g/mol. The van der Waals surface area contributed by atoms with Crippen molar-refractivity contribution >= 4 is 17.6 Å². The minimum atomic E-state index is 0.0428. The molecular weight excluding hydrogens is 348 g/mol. The molecule has 10 heteroatoms. The smallest absolute Gasteiger partial charge is 0.246 e. The second-order valence-corrected chi connectivity index (χ2v) is 6.41. The lowest BCUT2D eigenvalue weighted by atomic mass is 10.3. The number of rotatable bonds is 6. The number of guanidine groups is 1. The number of carbonyl (C=O) groups excluding carboxylic acids is 1. The number of aliphatic imine (C=N–C) groups is 1. The molecule has 1 amide bonds. The van der Waals surface area contributed by atoms with Crippen LogP contribution in [0.2, 0.25) is 0 Å². The van der Waals surface area contributed by atoms with Gasteiger partial charge in [-0.15, -0.1) is 0 Å². The zero-order valence-electron chi connectivity index (χ0n) is 16.1. The van der Waals surface area contributed by atoms with E-state index in [4.69, 9.17) is 4.52 Å². The third-order valence-electron chi connectivity index (χ3n) is 4.24. The summed E-state index contributed by atoms with van der Waals surface area (Å²) in [6.45, 7) is 6.82. The van der Waals surface area contributed by atoms with E-state index in [1.165, 1.54) is 0 Å². The van der Waals surface area contributed by atoms with Crippen LogP contribution in [0, 0.1) is 6.92 Å². The van der Waals surface area contributed by atoms with Crippen molar-refractivity contribution in [3.8, 4) is 0 Å². The van der Waals surface area contributed by atoms with Crippen molar-refractivity contribution < 1.29 is 9.32 Å². The Hall–Kier alpha value is -2.91. The molecule has 1 saturated heterocycles. The van der Waals surface area contributed by atoms with Gasteiger partial charge >= 0.3 is 0 Å². The highest BCUT2D eigenvalue weighted by molar-refractivity contribution is 5.98. The van der Waals surface area contributed by atoms with E-state index in [1.54, 1.807) is 22.7 Å². The van der Waals surface area contributed by atoms with Crippen molar-refractivity contribution in [2.24, 2.45) is 12.0 Å². The van der Waals surface area contributed by atoms with Gasteiger partial charge in [-0.3, -0.25) is 14.5 Å². The molecule has 146 valence electrons. The van der Waals surface area contributed by atoms with Gasteiger partial charge in [0.25, 0.3) is 0 Å². The predicted molar refractivity (Wildman–Crippen MR) is 100 cm³/mol. The number of aromatic nitrogens is 4. The Morgan fingerprint density at radius 3 is 2.89 bits per heavy atom. The second kappa shape index (κ2) is 8.65. The molecule has 0 aromatic carbocycles. The van der Waals surface area contributed by atoms with E-state index in [0.717, 1.165) is 31.2 Å². The number of nitrogens with zero attached hydrogens (tertiary/aromatic N) is 7. The first kappa shape index (κ1) is 18.9. The highest BCUT2D eigenvalue weighted by atomic mass is 16.5. The van der Waals surface area contributed by atoms with E-state index < -0.39 is 0 Å². The number of hydrogen-bond acceptors (Lipinski definition) is 6. The molecule has 1 aliphatic heterocycles. The average Bonchev–Trinajstić information content (AvgIpc) is 3.26. The molecule has 27 heavy (non-hydrogen) atoms. The highest BCUT2D eigenvalue weighted by Crippen LogP contribution is 2.16. The van der Waals surface area contributed by atoms with Gasteiger partial charge in [-0.1, -0.05) is 5.16 Å². The maximum atomic E-state index is 12.6. The molecule has 0 radical (unpaired) electrons. The number of carbonyl (C=O) groups is 1. The zero-order chi connectivity index (χ0) is 19.2. The Kier molecular flexibility index (Phi) is 6.05. The van der Waals surface area contributed by atoms with Crippen molar-refractivity contribution in [2.45, 2.75) is 26.7 Å².